The lowest BCUT2D eigenvalue weighted by Gasteiger charge is -2.12. The Morgan fingerprint density at radius 3 is 1.77 bits per heavy atom. The van der Waals surface area contributed by atoms with Gasteiger partial charge in [0, 0.05) is 45.1 Å². The number of pyridine rings is 1. The van der Waals surface area contributed by atoms with Crippen LogP contribution in [-0.4, -0.2) is 41.4 Å². The normalized spacial score (nSPS) is 13.2. The van der Waals surface area contributed by atoms with Gasteiger partial charge in [0.25, 0.3) is 11.8 Å². The van der Waals surface area contributed by atoms with Crippen LogP contribution in [0.3, 0.4) is 0 Å². The topological polar surface area (TPSA) is 231 Å². The Morgan fingerprint density at radius 1 is 0.661 bits per heavy atom. The number of amides is 2. The Morgan fingerprint density at radius 2 is 1.21 bits per heavy atom. The second-order valence-electron chi connectivity index (χ2n) is 12.6. The zero-order chi connectivity index (χ0) is 39.6. The van der Waals surface area contributed by atoms with Gasteiger partial charge in [-0.1, -0.05) is 24.3 Å². The summed E-state index contributed by atoms with van der Waals surface area (Å²) in [6.45, 7) is 0. The van der Waals surface area contributed by atoms with Crippen LogP contribution >= 0.6 is 11.3 Å². The molecule has 0 saturated heterocycles. The van der Waals surface area contributed by atoms with Crippen molar-refractivity contribution in [2.45, 2.75) is 14.8 Å². The summed E-state index contributed by atoms with van der Waals surface area (Å²) in [6, 6.07) is 31.1. The van der Waals surface area contributed by atoms with Gasteiger partial charge in [-0.05, 0) is 108 Å². The van der Waals surface area contributed by atoms with Crippen molar-refractivity contribution in [2.24, 2.45) is 0 Å². The number of nitrogens with one attached hydrogen (secondary N) is 4. The smallest absolute Gasteiger partial charge is 0.255 e. The van der Waals surface area contributed by atoms with E-state index in [9.17, 15) is 18.0 Å². The van der Waals surface area contributed by atoms with Crippen LogP contribution in [0.4, 0.5) is 22.7 Å². The summed E-state index contributed by atoms with van der Waals surface area (Å²) in [5.41, 5.74) is 17.0. The molecule has 0 saturated carbocycles. The molecule has 7 aromatic rings. The molecule has 280 valence electrons. The first kappa shape index (κ1) is 37.6. The Hall–Kier alpha value is -6.75. The van der Waals surface area contributed by atoms with Crippen molar-refractivity contribution in [3.05, 3.63) is 144 Å². The third-order valence-corrected chi connectivity index (χ3v) is 12.5. The van der Waals surface area contributed by atoms with Crippen molar-refractivity contribution in [2.75, 3.05) is 28.4 Å². The van der Waals surface area contributed by atoms with Crippen LogP contribution in [-0.2, 0) is 19.5 Å². The highest BCUT2D eigenvalue weighted by atomic mass is 32.2. The number of nitrogens with two attached hydrogens (primary N) is 2. The lowest BCUT2D eigenvalue weighted by atomic mass is 10.1. The third-order valence-electron chi connectivity index (χ3n) is 8.66. The molecule has 0 aliphatic carbocycles. The highest BCUT2D eigenvalue weighted by Gasteiger charge is 2.19. The minimum Gasteiger partial charge on any atom is -0.397 e. The first-order valence-corrected chi connectivity index (χ1v) is 21.1. The molecule has 0 radical (unpaired) electrons. The summed E-state index contributed by atoms with van der Waals surface area (Å²) >= 11 is 1.58. The van der Waals surface area contributed by atoms with Crippen molar-refractivity contribution in [1.29, 1.82) is 9.56 Å². The molecular weight excluding hydrogens is 767 g/mol. The lowest BCUT2D eigenvalue weighted by molar-refractivity contribution is 0.101. The van der Waals surface area contributed by atoms with E-state index < -0.39 is 31.3 Å². The molecular formula is C40H33N9O4S3. The molecule has 4 aromatic carbocycles. The van der Waals surface area contributed by atoms with Gasteiger partial charge in [0.1, 0.15) is 20.4 Å². The summed E-state index contributed by atoms with van der Waals surface area (Å²) in [5.74, 6) is -0.613. The molecule has 0 aliphatic heterocycles. The van der Waals surface area contributed by atoms with Gasteiger partial charge in [-0.3, -0.25) is 9.59 Å². The van der Waals surface area contributed by atoms with Gasteiger partial charge in [0.05, 0.1) is 37.4 Å². The monoisotopic (exact) mass is 799 g/mol. The minimum atomic E-state index is -3.59. The molecule has 2 atom stereocenters. The van der Waals surface area contributed by atoms with Crippen molar-refractivity contribution >= 4 is 65.4 Å². The van der Waals surface area contributed by atoms with Gasteiger partial charge < -0.3 is 22.1 Å². The fourth-order valence-corrected chi connectivity index (χ4v) is 8.22. The number of carbonyl (C=O) groups excluding carboxylic acids is 2. The predicted octanol–water partition coefficient (Wildman–Crippen LogP) is 8.10. The summed E-state index contributed by atoms with van der Waals surface area (Å²) in [6.07, 6.45) is 4.46. The average molecular weight is 800 g/mol. The Balaban J connectivity index is 1.04. The van der Waals surface area contributed by atoms with Crippen LogP contribution in [0.5, 0.6) is 0 Å². The average Bonchev–Trinajstić information content (AvgIpc) is 3.75. The number of hydrogen-bond acceptors (Lipinski definition) is 12. The predicted molar refractivity (Wildman–Crippen MR) is 221 cm³/mol. The maximum atomic E-state index is 13.8. The van der Waals surface area contributed by atoms with Crippen molar-refractivity contribution in [3.8, 4) is 33.1 Å². The molecule has 0 fully saturated rings. The molecule has 56 heavy (non-hydrogen) atoms. The molecule has 8 N–H and O–H groups in total. The van der Waals surface area contributed by atoms with E-state index in [2.05, 4.69) is 25.6 Å². The van der Waals surface area contributed by atoms with Crippen molar-refractivity contribution < 1.29 is 18.0 Å². The highest BCUT2D eigenvalue weighted by molar-refractivity contribution is 7.92. The standard InChI is InChI=1S/C40H33N9O4S3/c1-55(43,52)29-13-7-24(8-14-29)39(50)48-34-20-26(11-17-31(34)41)28-22-45-38(46-23-28)33-4-2-6-37(47-33)56(44,53)30-15-9-25(10-16-30)40(51)49-35-21-27(12-18-32(35)42)36-5-3-19-54-36/h2-23,43-44H,41-42H2,1H3,(H,48,50)(H,49,51). The van der Waals surface area contributed by atoms with Crippen LogP contribution in [0, 0.1) is 9.56 Å². The molecule has 0 spiro atoms. The quantitative estimate of drug-likeness (QED) is 0.0733. The number of hydrogen-bond donors (Lipinski definition) is 6. The van der Waals surface area contributed by atoms with Gasteiger partial charge in [-0.25, -0.2) is 32.9 Å². The third kappa shape index (κ3) is 8.02. The fraction of sp³-hybridized carbons (Fsp3) is 0.0250. The number of benzene rings is 4. The second-order valence-corrected chi connectivity index (χ2v) is 17.7. The summed E-state index contributed by atoms with van der Waals surface area (Å²) in [4.78, 5) is 41.0. The maximum absolute atomic E-state index is 13.8. The number of aromatic nitrogens is 3. The highest BCUT2D eigenvalue weighted by Crippen LogP contribution is 2.32. The molecule has 2 unspecified atom stereocenters. The fourth-order valence-electron chi connectivity index (χ4n) is 5.59. The molecule has 0 bridgehead atoms. The second kappa shape index (κ2) is 15.2. The number of nitrogens with zero attached hydrogens (tertiary/aromatic N) is 3. The van der Waals surface area contributed by atoms with Gasteiger partial charge in [-0.2, -0.15) is 0 Å². The SMILES string of the molecule is CS(=N)(=O)c1ccc(C(=O)Nc2cc(-c3cnc(-c4cccc(S(=N)(=O)c5ccc(C(=O)Nc6cc(-c7cccs7)ccc6N)cc5)n4)nc3)ccc2N)cc1. The summed E-state index contributed by atoms with van der Waals surface area (Å²) in [7, 11) is -6.50. The lowest BCUT2D eigenvalue weighted by Crippen LogP contribution is -2.13. The number of rotatable bonds is 10. The van der Waals surface area contributed by atoms with E-state index in [0.717, 1.165) is 10.4 Å². The van der Waals surface area contributed by atoms with Gasteiger partial charge in [0.15, 0.2) is 5.82 Å². The van der Waals surface area contributed by atoms with E-state index in [-0.39, 0.29) is 15.7 Å². The largest absolute Gasteiger partial charge is 0.397 e. The molecule has 13 nitrogen and oxygen atoms in total. The number of carbonyl (C=O) groups is 2. The van der Waals surface area contributed by atoms with E-state index in [0.29, 0.717) is 55.6 Å². The number of thiophene rings is 1. The first-order valence-electron chi connectivity index (χ1n) is 16.7. The summed E-state index contributed by atoms with van der Waals surface area (Å²) < 4.78 is 42.4. The zero-order valence-corrected chi connectivity index (χ0v) is 32.0. The molecule has 3 aromatic heterocycles. The molecule has 0 aliphatic rings. The van der Waals surface area contributed by atoms with E-state index in [4.69, 9.17) is 21.0 Å². The van der Waals surface area contributed by atoms with Crippen LogP contribution in [0.1, 0.15) is 20.7 Å². The summed E-state index contributed by atoms with van der Waals surface area (Å²) in [5, 5.41) is 7.60. The van der Waals surface area contributed by atoms with E-state index in [1.54, 1.807) is 60.1 Å². The van der Waals surface area contributed by atoms with E-state index in [1.165, 1.54) is 60.9 Å². The van der Waals surface area contributed by atoms with Crippen LogP contribution < -0.4 is 22.1 Å². The Bertz CT molecular complexity index is 2830. The Kier molecular flexibility index (Phi) is 10.2. The molecule has 2 amide bonds. The molecule has 7 rings (SSSR count). The molecule has 3 heterocycles. The van der Waals surface area contributed by atoms with Crippen LogP contribution in [0.2, 0.25) is 0 Å². The molecule has 16 heteroatoms. The van der Waals surface area contributed by atoms with Crippen LogP contribution in [0.25, 0.3) is 33.1 Å². The van der Waals surface area contributed by atoms with Gasteiger partial charge in [0.2, 0.25) is 0 Å². The van der Waals surface area contributed by atoms with Gasteiger partial charge in [-0.15, -0.1) is 11.3 Å². The van der Waals surface area contributed by atoms with E-state index in [1.807, 2.05) is 29.6 Å². The van der Waals surface area contributed by atoms with Crippen LogP contribution in [0.15, 0.2) is 148 Å². The van der Waals surface area contributed by atoms with Crippen molar-refractivity contribution in [1.82, 2.24) is 15.0 Å². The minimum absolute atomic E-state index is 0.00501. The number of anilines is 4. The Labute approximate surface area is 326 Å². The number of nitrogen functional groups attached to an aromatic ring is 2. The van der Waals surface area contributed by atoms with Gasteiger partial charge >= 0.3 is 0 Å². The van der Waals surface area contributed by atoms with Crippen molar-refractivity contribution in [3.63, 3.8) is 0 Å². The van der Waals surface area contributed by atoms with E-state index >= 15 is 0 Å². The zero-order valence-electron chi connectivity index (χ0n) is 29.6. The maximum Gasteiger partial charge on any atom is 0.255 e. The first-order chi connectivity index (χ1) is 26.8.